The second kappa shape index (κ2) is 11.7. The number of halogens is 3. The lowest BCUT2D eigenvalue weighted by atomic mass is 9.89. The molecule has 1 nitrogen and oxygen atoms in total. The smallest absolute Gasteiger partial charge is 0.166 e. The second-order valence-corrected chi connectivity index (χ2v) is 9.42. The van der Waals surface area contributed by atoms with Crippen LogP contribution in [0.5, 0.6) is 0 Å². The van der Waals surface area contributed by atoms with Crippen LogP contribution in [0.3, 0.4) is 0 Å². The molecular formula is C31H33F3O. The zero-order chi connectivity index (χ0) is 24.8. The van der Waals surface area contributed by atoms with E-state index in [9.17, 15) is 8.78 Å². The zero-order valence-electron chi connectivity index (χ0n) is 20.3. The summed E-state index contributed by atoms with van der Waals surface area (Å²) in [5.41, 5.74) is 3.28. The first kappa shape index (κ1) is 25.2. The van der Waals surface area contributed by atoms with Gasteiger partial charge in [0.25, 0.3) is 0 Å². The summed E-state index contributed by atoms with van der Waals surface area (Å²) in [6, 6.07) is 15.6. The highest BCUT2D eigenvalue weighted by Crippen LogP contribution is 2.34. The second-order valence-electron chi connectivity index (χ2n) is 9.42. The van der Waals surface area contributed by atoms with Crippen molar-refractivity contribution in [3.8, 4) is 22.3 Å². The van der Waals surface area contributed by atoms with Crippen molar-refractivity contribution in [2.75, 3.05) is 6.61 Å². The Morgan fingerprint density at radius 2 is 1.63 bits per heavy atom. The molecule has 0 aromatic heterocycles. The molecule has 184 valence electrons. The molecule has 0 amide bonds. The summed E-state index contributed by atoms with van der Waals surface area (Å²) in [7, 11) is 0. The predicted molar refractivity (Wildman–Crippen MR) is 137 cm³/mol. The normalized spacial score (nSPS) is 17.9. The van der Waals surface area contributed by atoms with Gasteiger partial charge in [0.15, 0.2) is 11.6 Å². The molecule has 0 N–H and O–H groups in total. The minimum atomic E-state index is -0.847. The molecule has 3 aromatic rings. The number of hydrogen-bond donors (Lipinski definition) is 0. The highest BCUT2D eigenvalue weighted by molar-refractivity contribution is 5.71. The van der Waals surface area contributed by atoms with Gasteiger partial charge in [-0.25, -0.2) is 13.2 Å². The topological polar surface area (TPSA) is 9.23 Å². The molecule has 0 aliphatic carbocycles. The van der Waals surface area contributed by atoms with Crippen molar-refractivity contribution in [1.82, 2.24) is 0 Å². The van der Waals surface area contributed by atoms with Gasteiger partial charge in [-0.3, -0.25) is 0 Å². The lowest BCUT2D eigenvalue weighted by Crippen LogP contribution is -2.24. The minimum absolute atomic E-state index is 0.205. The van der Waals surface area contributed by atoms with Gasteiger partial charge in [-0.1, -0.05) is 68.0 Å². The lowest BCUT2D eigenvalue weighted by Gasteiger charge is -2.29. The maximum absolute atomic E-state index is 15.0. The van der Waals surface area contributed by atoms with Crippen LogP contribution in [0.1, 0.15) is 62.5 Å². The SMILES string of the molecule is C=CCCCc1ccc(-c2ccc(-c3ccc(C4CCC(CCC)OC4)cc3F)cc2)c(F)c1F. The number of rotatable bonds is 9. The van der Waals surface area contributed by atoms with E-state index < -0.39 is 11.6 Å². The number of unbranched alkanes of at least 4 members (excludes halogenated alkanes) is 1. The number of allylic oxidation sites excluding steroid dienone is 1. The van der Waals surface area contributed by atoms with Crippen molar-refractivity contribution in [2.45, 2.75) is 63.9 Å². The van der Waals surface area contributed by atoms with Gasteiger partial charge >= 0.3 is 0 Å². The van der Waals surface area contributed by atoms with E-state index in [4.69, 9.17) is 4.74 Å². The minimum Gasteiger partial charge on any atom is -0.378 e. The summed E-state index contributed by atoms with van der Waals surface area (Å²) in [6.07, 6.45) is 8.26. The first-order chi connectivity index (χ1) is 17.0. The van der Waals surface area contributed by atoms with Crippen LogP contribution in [-0.4, -0.2) is 12.7 Å². The molecule has 0 bridgehead atoms. The molecule has 4 rings (SSSR count). The largest absolute Gasteiger partial charge is 0.378 e. The Bertz CT molecular complexity index is 1140. The fourth-order valence-corrected chi connectivity index (χ4v) is 4.91. The molecule has 1 heterocycles. The Morgan fingerprint density at radius 3 is 2.26 bits per heavy atom. The molecule has 0 saturated carbocycles. The third-order valence-corrected chi connectivity index (χ3v) is 6.97. The molecule has 4 heteroatoms. The Balaban J connectivity index is 1.48. The van der Waals surface area contributed by atoms with E-state index in [1.807, 2.05) is 6.07 Å². The third-order valence-electron chi connectivity index (χ3n) is 6.97. The van der Waals surface area contributed by atoms with Crippen LogP contribution in [0.4, 0.5) is 13.2 Å². The fourth-order valence-electron chi connectivity index (χ4n) is 4.91. The average Bonchev–Trinajstić information content (AvgIpc) is 2.88. The van der Waals surface area contributed by atoms with Crippen LogP contribution in [-0.2, 0) is 11.2 Å². The highest BCUT2D eigenvalue weighted by Gasteiger charge is 2.23. The number of aryl methyl sites for hydroxylation is 1. The molecule has 2 atom stereocenters. The van der Waals surface area contributed by atoms with Crippen molar-refractivity contribution < 1.29 is 17.9 Å². The Morgan fingerprint density at radius 1 is 0.914 bits per heavy atom. The summed E-state index contributed by atoms with van der Waals surface area (Å²) in [5.74, 6) is -1.72. The van der Waals surface area contributed by atoms with E-state index in [2.05, 4.69) is 13.5 Å². The van der Waals surface area contributed by atoms with Crippen LogP contribution in [0.25, 0.3) is 22.3 Å². The summed E-state index contributed by atoms with van der Waals surface area (Å²) in [4.78, 5) is 0. The first-order valence-corrected chi connectivity index (χ1v) is 12.6. The predicted octanol–water partition coefficient (Wildman–Crippen LogP) is 9.01. The molecular weight excluding hydrogens is 445 g/mol. The van der Waals surface area contributed by atoms with Crippen molar-refractivity contribution >= 4 is 0 Å². The van der Waals surface area contributed by atoms with E-state index in [-0.39, 0.29) is 17.3 Å². The van der Waals surface area contributed by atoms with Gasteiger partial charge in [-0.15, -0.1) is 6.58 Å². The molecule has 0 spiro atoms. The molecule has 2 unspecified atom stereocenters. The quantitative estimate of drug-likeness (QED) is 0.220. The zero-order valence-corrected chi connectivity index (χ0v) is 20.3. The Labute approximate surface area is 206 Å². The summed E-state index contributed by atoms with van der Waals surface area (Å²) in [6.45, 7) is 6.45. The van der Waals surface area contributed by atoms with Gasteiger partial charge in [0, 0.05) is 17.0 Å². The van der Waals surface area contributed by atoms with Crippen LogP contribution in [0, 0.1) is 17.5 Å². The molecule has 0 radical (unpaired) electrons. The maximum atomic E-state index is 15.0. The van der Waals surface area contributed by atoms with Crippen molar-refractivity contribution in [3.05, 3.63) is 95.8 Å². The molecule has 1 aliphatic rings. The summed E-state index contributed by atoms with van der Waals surface area (Å²) >= 11 is 0. The monoisotopic (exact) mass is 478 g/mol. The van der Waals surface area contributed by atoms with Gasteiger partial charge in [-0.05, 0) is 66.8 Å². The van der Waals surface area contributed by atoms with Crippen LogP contribution in [0.2, 0.25) is 0 Å². The molecule has 35 heavy (non-hydrogen) atoms. The Kier molecular flexibility index (Phi) is 8.46. The fraction of sp³-hybridized carbons (Fsp3) is 0.355. The van der Waals surface area contributed by atoms with Gasteiger partial charge in [0.1, 0.15) is 5.82 Å². The van der Waals surface area contributed by atoms with E-state index in [1.165, 1.54) is 0 Å². The summed E-state index contributed by atoms with van der Waals surface area (Å²) in [5, 5.41) is 0. The van der Waals surface area contributed by atoms with Gasteiger partial charge < -0.3 is 4.74 Å². The van der Waals surface area contributed by atoms with Crippen molar-refractivity contribution in [3.63, 3.8) is 0 Å². The van der Waals surface area contributed by atoms with E-state index >= 15 is 4.39 Å². The van der Waals surface area contributed by atoms with Crippen LogP contribution >= 0.6 is 0 Å². The van der Waals surface area contributed by atoms with Crippen LogP contribution < -0.4 is 0 Å². The first-order valence-electron chi connectivity index (χ1n) is 12.6. The maximum Gasteiger partial charge on any atom is 0.166 e. The van der Waals surface area contributed by atoms with E-state index in [1.54, 1.807) is 54.6 Å². The molecule has 1 fully saturated rings. The van der Waals surface area contributed by atoms with Crippen molar-refractivity contribution in [2.24, 2.45) is 0 Å². The standard InChI is InChI=1S/C31H33F3O/c1-3-5-6-8-23-14-18-28(31(34)30(23)33)22-11-9-21(10-12-22)27-17-15-24(19-29(27)32)25-13-16-26(7-4-2)35-20-25/h3,9-12,14-15,17-19,25-26H,1,4-8,13,16,20H2,2H3. The van der Waals surface area contributed by atoms with Gasteiger partial charge in [0.2, 0.25) is 0 Å². The number of ether oxygens (including phenoxy) is 1. The molecule has 1 saturated heterocycles. The third kappa shape index (κ3) is 5.87. The lowest BCUT2D eigenvalue weighted by molar-refractivity contribution is -0.00115. The van der Waals surface area contributed by atoms with Gasteiger partial charge in [0.05, 0.1) is 12.7 Å². The van der Waals surface area contributed by atoms with E-state index in [0.717, 1.165) is 44.1 Å². The van der Waals surface area contributed by atoms with Crippen molar-refractivity contribution in [1.29, 1.82) is 0 Å². The van der Waals surface area contributed by atoms with E-state index in [0.29, 0.717) is 41.4 Å². The molecule has 1 aliphatic heterocycles. The number of benzene rings is 3. The number of hydrogen-bond acceptors (Lipinski definition) is 1. The molecule has 3 aromatic carbocycles. The van der Waals surface area contributed by atoms with Gasteiger partial charge in [-0.2, -0.15) is 0 Å². The van der Waals surface area contributed by atoms with Crippen LogP contribution in [0.15, 0.2) is 67.3 Å². The summed E-state index contributed by atoms with van der Waals surface area (Å²) < 4.78 is 50.3. The highest BCUT2D eigenvalue weighted by atomic mass is 19.2. The average molecular weight is 479 g/mol. The Hall–Kier alpha value is -2.85.